The smallest absolute Gasteiger partial charge is 0.345 e. The van der Waals surface area contributed by atoms with E-state index in [1.807, 2.05) is 19.2 Å². The van der Waals surface area contributed by atoms with Crippen molar-refractivity contribution >= 4 is 17.3 Å². The highest BCUT2D eigenvalue weighted by molar-refractivity contribution is 7.14. The third-order valence-corrected chi connectivity index (χ3v) is 6.84. The van der Waals surface area contributed by atoms with Crippen molar-refractivity contribution < 1.29 is 19.7 Å². The fourth-order valence-corrected chi connectivity index (χ4v) is 5.25. The molecule has 2 aliphatic heterocycles. The van der Waals surface area contributed by atoms with Crippen molar-refractivity contribution in [2.75, 3.05) is 26.3 Å². The molecule has 146 valence electrons. The van der Waals surface area contributed by atoms with E-state index in [9.17, 15) is 9.90 Å². The number of carboxylic acid groups (broad SMARTS) is 1. The van der Waals surface area contributed by atoms with Crippen molar-refractivity contribution in [3.63, 3.8) is 0 Å². The van der Waals surface area contributed by atoms with Gasteiger partial charge in [-0.3, -0.25) is 9.58 Å². The molecule has 0 bridgehead atoms. The maximum absolute atomic E-state index is 11.4. The Kier molecular flexibility index (Phi) is 5.07. The van der Waals surface area contributed by atoms with E-state index in [-0.39, 0.29) is 12.2 Å². The second-order valence-electron chi connectivity index (χ2n) is 7.35. The molecule has 1 saturated heterocycles. The topological polar surface area (TPSA) is 87.8 Å². The van der Waals surface area contributed by atoms with Crippen LogP contribution in [0.1, 0.15) is 44.2 Å². The van der Waals surface area contributed by atoms with Crippen molar-refractivity contribution in [1.29, 1.82) is 0 Å². The van der Waals surface area contributed by atoms with Crippen LogP contribution in [0.15, 0.2) is 12.3 Å². The lowest BCUT2D eigenvalue weighted by Crippen LogP contribution is -2.45. The predicted octanol–water partition coefficient (Wildman–Crippen LogP) is 2.01. The quantitative estimate of drug-likeness (QED) is 0.811. The summed E-state index contributed by atoms with van der Waals surface area (Å²) in [4.78, 5) is 15.4. The number of aliphatic hydroxyl groups excluding tert-OH is 1. The van der Waals surface area contributed by atoms with Gasteiger partial charge in [-0.2, -0.15) is 5.10 Å². The molecule has 2 aromatic rings. The van der Waals surface area contributed by atoms with Gasteiger partial charge >= 0.3 is 5.97 Å². The van der Waals surface area contributed by atoms with E-state index in [1.54, 1.807) is 4.68 Å². The first-order valence-corrected chi connectivity index (χ1v) is 10.2. The highest BCUT2D eigenvalue weighted by Gasteiger charge is 2.42. The van der Waals surface area contributed by atoms with E-state index < -0.39 is 5.97 Å². The molecule has 2 aromatic heterocycles. The normalized spacial score (nSPS) is 19.3. The van der Waals surface area contributed by atoms with Gasteiger partial charge in [0.15, 0.2) is 0 Å². The molecular formula is C19H25N3O4S. The molecular weight excluding hydrogens is 366 g/mol. The van der Waals surface area contributed by atoms with Crippen molar-refractivity contribution in [2.45, 2.75) is 44.9 Å². The van der Waals surface area contributed by atoms with Crippen molar-refractivity contribution in [3.8, 4) is 0 Å². The summed E-state index contributed by atoms with van der Waals surface area (Å²) in [5.41, 5.74) is 2.96. The Morgan fingerprint density at radius 2 is 2.19 bits per heavy atom. The number of thiophene rings is 1. The van der Waals surface area contributed by atoms with Gasteiger partial charge in [0, 0.05) is 42.7 Å². The van der Waals surface area contributed by atoms with Gasteiger partial charge < -0.3 is 14.9 Å². The third-order valence-electron chi connectivity index (χ3n) is 5.65. The minimum atomic E-state index is -0.850. The van der Waals surface area contributed by atoms with E-state index in [0.29, 0.717) is 18.0 Å². The largest absolute Gasteiger partial charge is 0.477 e. The second kappa shape index (κ2) is 7.35. The number of likely N-dealkylation sites (tertiary alicyclic amines) is 1. The molecule has 1 spiro atoms. The van der Waals surface area contributed by atoms with Crippen LogP contribution in [0.4, 0.5) is 0 Å². The zero-order valence-corrected chi connectivity index (χ0v) is 16.3. The SMILES string of the molecule is Cc1nn(CCO)cc1CN1CCC2(CC1)OCCc1sc(C(=O)O)cc12. The van der Waals surface area contributed by atoms with Gasteiger partial charge in [-0.05, 0) is 31.4 Å². The van der Waals surface area contributed by atoms with Crippen LogP contribution in [-0.4, -0.2) is 57.2 Å². The van der Waals surface area contributed by atoms with Crippen LogP contribution in [0.25, 0.3) is 0 Å². The Morgan fingerprint density at radius 1 is 1.41 bits per heavy atom. The fourth-order valence-electron chi connectivity index (χ4n) is 4.18. The molecule has 0 aromatic carbocycles. The number of carboxylic acids is 1. The molecule has 0 saturated carbocycles. The highest BCUT2D eigenvalue weighted by atomic mass is 32.1. The van der Waals surface area contributed by atoms with E-state index in [2.05, 4.69) is 10.00 Å². The number of rotatable bonds is 5. The van der Waals surface area contributed by atoms with Gasteiger partial charge in [-0.1, -0.05) is 0 Å². The zero-order chi connectivity index (χ0) is 19.0. The molecule has 0 amide bonds. The van der Waals surface area contributed by atoms with Crippen LogP contribution in [0.5, 0.6) is 0 Å². The summed E-state index contributed by atoms with van der Waals surface area (Å²) in [6, 6.07) is 1.83. The Bertz CT molecular complexity index is 836. The van der Waals surface area contributed by atoms with E-state index in [1.165, 1.54) is 21.8 Å². The lowest BCUT2D eigenvalue weighted by molar-refractivity contribution is -0.0981. The predicted molar refractivity (Wildman–Crippen MR) is 101 cm³/mol. The summed E-state index contributed by atoms with van der Waals surface area (Å²) >= 11 is 1.40. The van der Waals surface area contributed by atoms with Crippen molar-refractivity contribution in [3.05, 3.63) is 38.8 Å². The lowest BCUT2D eigenvalue weighted by Gasteiger charge is -2.44. The summed E-state index contributed by atoms with van der Waals surface area (Å²) in [7, 11) is 0. The molecule has 0 aliphatic carbocycles. The van der Waals surface area contributed by atoms with Crippen LogP contribution in [0.2, 0.25) is 0 Å². The Labute approximate surface area is 162 Å². The van der Waals surface area contributed by atoms with Crippen molar-refractivity contribution in [1.82, 2.24) is 14.7 Å². The number of piperidine rings is 1. The molecule has 4 rings (SSSR count). The lowest BCUT2D eigenvalue weighted by atomic mass is 9.82. The minimum Gasteiger partial charge on any atom is -0.477 e. The summed E-state index contributed by atoms with van der Waals surface area (Å²) < 4.78 is 8.02. The number of fused-ring (bicyclic) bond motifs is 2. The van der Waals surface area contributed by atoms with Crippen molar-refractivity contribution in [2.24, 2.45) is 0 Å². The number of carbonyl (C=O) groups is 1. The highest BCUT2D eigenvalue weighted by Crippen LogP contribution is 2.44. The maximum Gasteiger partial charge on any atom is 0.345 e. The van der Waals surface area contributed by atoms with Crippen LogP contribution >= 0.6 is 11.3 Å². The number of aromatic carboxylic acids is 1. The van der Waals surface area contributed by atoms with Crippen LogP contribution in [-0.2, 0) is 29.8 Å². The van der Waals surface area contributed by atoms with Gasteiger partial charge in [0.2, 0.25) is 0 Å². The average molecular weight is 391 g/mol. The van der Waals surface area contributed by atoms with E-state index >= 15 is 0 Å². The Hall–Kier alpha value is -1.74. The summed E-state index contributed by atoms with van der Waals surface area (Å²) in [6.45, 7) is 5.93. The first-order valence-electron chi connectivity index (χ1n) is 9.37. The molecule has 0 unspecified atom stereocenters. The van der Waals surface area contributed by atoms with Gasteiger partial charge in [0.25, 0.3) is 0 Å². The Balaban J connectivity index is 1.46. The summed E-state index contributed by atoms with van der Waals surface area (Å²) in [6.07, 6.45) is 4.57. The third kappa shape index (κ3) is 3.54. The number of aryl methyl sites for hydroxylation is 1. The second-order valence-corrected chi connectivity index (χ2v) is 8.48. The standard InChI is InChI=1S/C19H25N3O4S/c1-13-14(12-22(20-13)7-8-23)11-21-5-3-19(4-6-21)15-10-17(18(24)25)27-16(15)2-9-26-19/h10,12,23H,2-9,11H2,1H3,(H,24,25). The van der Waals surface area contributed by atoms with Gasteiger partial charge in [-0.25, -0.2) is 4.79 Å². The molecule has 8 heteroatoms. The number of aliphatic hydroxyl groups is 1. The van der Waals surface area contributed by atoms with Crippen LogP contribution < -0.4 is 0 Å². The summed E-state index contributed by atoms with van der Waals surface area (Å²) in [5.74, 6) is -0.850. The molecule has 2 aliphatic rings. The monoisotopic (exact) mass is 391 g/mol. The molecule has 4 heterocycles. The van der Waals surface area contributed by atoms with Crippen LogP contribution in [0.3, 0.4) is 0 Å². The first kappa shape index (κ1) is 18.6. The fraction of sp³-hybridized carbons (Fsp3) is 0.579. The Morgan fingerprint density at radius 3 is 2.89 bits per heavy atom. The van der Waals surface area contributed by atoms with Gasteiger partial charge in [-0.15, -0.1) is 11.3 Å². The zero-order valence-electron chi connectivity index (χ0n) is 15.5. The van der Waals surface area contributed by atoms with Crippen LogP contribution in [0, 0.1) is 6.92 Å². The molecule has 7 nitrogen and oxygen atoms in total. The number of hydrogen-bond acceptors (Lipinski definition) is 6. The molecule has 2 N–H and O–H groups in total. The minimum absolute atomic E-state index is 0.0887. The molecule has 0 radical (unpaired) electrons. The van der Waals surface area contributed by atoms with E-state index in [0.717, 1.165) is 50.2 Å². The first-order chi connectivity index (χ1) is 13.0. The van der Waals surface area contributed by atoms with Gasteiger partial charge in [0.1, 0.15) is 4.88 Å². The number of aromatic nitrogens is 2. The van der Waals surface area contributed by atoms with E-state index in [4.69, 9.17) is 9.84 Å². The number of nitrogens with zero attached hydrogens (tertiary/aromatic N) is 3. The average Bonchev–Trinajstić information content (AvgIpc) is 3.23. The molecule has 1 fully saturated rings. The molecule has 27 heavy (non-hydrogen) atoms. The summed E-state index contributed by atoms with van der Waals surface area (Å²) in [5, 5.41) is 22.9. The number of ether oxygens (including phenoxy) is 1. The molecule has 0 atom stereocenters. The maximum atomic E-state index is 11.4. The number of hydrogen-bond donors (Lipinski definition) is 2. The van der Waals surface area contributed by atoms with Gasteiger partial charge in [0.05, 0.1) is 31.1 Å².